The maximum Gasteiger partial charge on any atom is 0.262 e. The minimum absolute atomic E-state index is 0.0133. The Balaban J connectivity index is 0.00000208. The van der Waals surface area contributed by atoms with Crippen LogP contribution in [0.1, 0.15) is 98.0 Å². The van der Waals surface area contributed by atoms with Crippen LogP contribution >= 0.6 is 0 Å². The van der Waals surface area contributed by atoms with Crippen molar-refractivity contribution in [2.75, 3.05) is 38.2 Å². The molecule has 292 valence electrons. The molecule has 0 bridgehead atoms. The molecule has 10 heteroatoms. The molecular weight excluding hydrogens is 717 g/mol. The van der Waals surface area contributed by atoms with Gasteiger partial charge in [-0.15, -0.1) is 0 Å². The molecule has 2 aliphatic carbocycles. The van der Waals surface area contributed by atoms with Crippen LogP contribution in [0.2, 0.25) is 0 Å². The van der Waals surface area contributed by atoms with Gasteiger partial charge < -0.3 is 14.9 Å². The smallest absolute Gasteiger partial charge is 0.262 e. The molecule has 3 unspecified atom stereocenters. The lowest BCUT2D eigenvalue weighted by Gasteiger charge is -2.50. The van der Waals surface area contributed by atoms with E-state index in [4.69, 9.17) is 5.11 Å². The van der Waals surface area contributed by atoms with Crippen molar-refractivity contribution in [2.45, 2.75) is 69.2 Å². The molecule has 10 rings (SSSR count). The molecule has 3 fully saturated rings. The molecule has 4 aliphatic heterocycles. The average Bonchev–Trinajstić information content (AvgIpc) is 3.74. The number of aryl methyl sites for hydroxylation is 1. The number of fused-ring (bicyclic) bond motifs is 3. The number of nitrogens with one attached hydrogen (secondary N) is 1. The van der Waals surface area contributed by atoms with Gasteiger partial charge >= 0.3 is 0 Å². The van der Waals surface area contributed by atoms with Gasteiger partial charge in [0.15, 0.2) is 0 Å². The number of aliphatic hydroxyl groups excluding tert-OH is 1. The van der Waals surface area contributed by atoms with Gasteiger partial charge in [-0.2, -0.15) is 0 Å². The van der Waals surface area contributed by atoms with E-state index in [2.05, 4.69) is 89.1 Å². The van der Waals surface area contributed by atoms with Crippen LogP contribution in [0.15, 0.2) is 91.0 Å². The molecule has 5 amide bonds. The third kappa shape index (κ3) is 6.44. The minimum atomic E-state index is -0.969. The quantitative estimate of drug-likeness (QED) is 0.261. The fourth-order valence-electron chi connectivity index (χ4n) is 10.7. The lowest BCUT2D eigenvalue weighted by atomic mass is 9.69. The zero-order chi connectivity index (χ0) is 39.4. The van der Waals surface area contributed by atoms with E-state index in [-0.39, 0.29) is 36.0 Å². The molecule has 1 spiro atoms. The van der Waals surface area contributed by atoms with E-state index in [0.29, 0.717) is 36.1 Å². The summed E-state index contributed by atoms with van der Waals surface area (Å²) in [6, 6.07) is 31.8. The zero-order valence-electron chi connectivity index (χ0n) is 32.3. The van der Waals surface area contributed by atoms with Crippen LogP contribution in [-0.4, -0.2) is 83.8 Å². The number of aliphatic hydroxyl groups is 1. The fourth-order valence-corrected chi connectivity index (χ4v) is 10.7. The number of anilines is 1. The van der Waals surface area contributed by atoms with Gasteiger partial charge in [-0.1, -0.05) is 66.7 Å². The molecule has 57 heavy (non-hydrogen) atoms. The fraction of sp³-hybridized carbons (Fsp3) is 0.383. The molecule has 3 atom stereocenters. The number of nitrogens with zero attached hydrogens (tertiary/aromatic N) is 3. The molecule has 4 aromatic rings. The summed E-state index contributed by atoms with van der Waals surface area (Å²) in [6.07, 6.45) is 5.65. The van der Waals surface area contributed by atoms with Crippen LogP contribution in [0.5, 0.6) is 0 Å². The van der Waals surface area contributed by atoms with Crippen LogP contribution in [0.25, 0.3) is 0 Å². The van der Waals surface area contributed by atoms with Crippen molar-refractivity contribution in [3.05, 3.63) is 136 Å². The topological polar surface area (TPSA) is 127 Å². The van der Waals surface area contributed by atoms with Crippen LogP contribution in [-0.2, 0) is 33.6 Å². The van der Waals surface area contributed by atoms with E-state index in [9.17, 15) is 24.0 Å². The molecule has 4 aromatic carbocycles. The highest BCUT2D eigenvalue weighted by atomic mass is 16.2. The van der Waals surface area contributed by atoms with Crippen molar-refractivity contribution < 1.29 is 29.1 Å². The van der Waals surface area contributed by atoms with Crippen molar-refractivity contribution in [1.29, 1.82) is 0 Å². The van der Waals surface area contributed by atoms with Gasteiger partial charge in [-0.05, 0) is 109 Å². The van der Waals surface area contributed by atoms with Gasteiger partial charge in [0.25, 0.3) is 11.8 Å². The Hall–Kier alpha value is -5.61. The third-order valence-electron chi connectivity index (χ3n) is 13.5. The number of piperidine rings is 2. The molecular formula is C47H48N4O6. The molecule has 0 radical (unpaired) electrons. The van der Waals surface area contributed by atoms with Crippen molar-refractivity contribution in [2.24, 2.45) is 11.3 Å². The van der Waals surface area contributed by atoms with Crippen LogP contribution < -0.4 is 10.2 Å². The van der Waals surface area contributed by atoms with E-state index in [1.807, 2.05) is 17.0 Å². The number of hydrogen-bond acceptors (Lipinski definition) is 7. The van der Waals surface area contributed by atoms with Gasteiger partial charge in [0.1, 0.15) is 6.04 Å². The lowest BCUT2D eigenvalue weighted by molar-refractivity contribution is -0.148. The van der Waals surface area contributed by atoms with Crippen LogP contribution in [0, 0.1) is 11.3 Å². The normalized spacial score (nSPS) is 23.6. The Morgan fingerprint density at radius 3 is 1.98 bits per heavy atom. The molecule has 4 heterocycles. The number of carbonyl (C=O) groups excluding carboxylic acids is 5. The number of likely N-dealkylation sites (tertiary alicyclic amines) is 1. The second kappa shape index (κ2) is 14.7. The zero-order valence-corrected chi connectivity index (χ0v) is 32.3. The molecule has 10 nitrogen and oxygen atoms in total. The number of rotatable bonds is 5. The Bertz CT molecular complexity index is 2210. The Morgan fingerprint density at radius 2 is 1.33 bits per heavy atom. The minimum Gasteiger partial charge on any atom is -0.400 e. The van der Waals surface area contributed by atoms with Crippen molar-refractivity contribution in [1.82, 2.24) is 15.1 Å². The Kier molecular flexibility index (Phi) is 9.55. The maximum atomic E-state index is 13.7. The van der Waals surface area contributed by atoms with Crippen molar-refractivity contribution in [3.8, 4) is 0 Å². The largest absolute Gasteiger partial charge is 0.400 e. The number of hydrogen-bond donors (Lipinski definition) is 2. The van der Waals surface area contributed by atoms with E-state index < -0.39 is 23.8 Å². The molecule has 0 aromatic heterocycles. The van der Waals surface area contributed by atoms with Gasteiger partial charge in [-0.25, -0.2) is 0 Å². The van der Waals surface area contributed by atoms with Crippen LogP contribution in [0.4, 0.5) is 5.69 Å². The van der Waals surface area contributed by atoms with Gasteiger partial charge in [-0.3, -0.25) is 34.2 Å². The summed E-state index contributed by atoms with van der Waals surface area (Å²) in [6.45, 7) is 3.07. The first-order chi connectivity index (χ1) is 27.7. The lowest BCUT2D eigenvalue weighted by Crippen LogP contribution is -2.60. The Morgan fingerprint density at radius 1 is 0.702 bits per heavy atom. The highest BCUT2D eigenvalue weighted by molar-refractivity contribution is 6.23. The maximum absolute atomic E-state index is 13.7. The van der Waals surface area contributed by atoms with Gasteiger partial charge in [0.2, 0.25) is 17.7 Å². The number of benzene rings is 4. The summed E-state index contributed by atoms with van der Waals surface area (Å²) in [5.74, 6) is -0.925. The van der Waals surface area contributed by atoms with Gasteiger partial charge in [0.05, 0.1) is 11.1 Å². The first kappa shape index (κ1) is 37.0. The summed E-state index contributed by atoms with van der Waals surface area (Å²) >= 11 is 0. The van der Waals surface area contributed by atoms with E-state index >= 15 is 0 Å². The van der Waals surface area contributed by atoms with Crippen molar-refractivity contribution >= 4 is 35.2 Å². The van der Waals surface area contributed by atoms with Crippen molar-refractivity contribution in [3.63, 3.8) is 0 Å². The summed E-state index contributed by atoms with van der Waals surface area (Å²) in [5.41, 5.74) is 9.54. The molecule has 2 N–H and O–H groups in total. The number of amides is 5. The molecule has 0 saturated carbocycles. The highest BCUT2D eigenvalue weighted by Gasteiger charge is 2.52. The van der Waals surface area contributed by atoms with E-state index in [0.717, 1.165) is 74.8 Å². The van der Waals surface area contributed by atoms with E-state index in [1.54, 1.807) is 0 Å². The highest BCUT2D eigenvalue weighted by Crippen LogP contribution is 2.48. The predicted molar refractivity (Wildman–Crippen MR) is 215 cm³/mol. The summed E-state index contributed by atoms with van der Waals surface area (Å²) in [7, 11) is 1.00. The first-order valence-electron chi connectivity index (χ1n) is 20.3. The number of carbonyl (C=O) groups is 5. The predicted octanol–water partition coefficient (Wildman–Crippen LogP) is 5.40. The van der Waals surface area contributed by atoms with Crippen LogP contribution in [0.3, 0.4) is 0 Å². The van der Waals surface area contributed by atoms with Gasteiger partial charge in [0, 0.05) is 62.6 Å². The molecule has 3 saturated heterocycles. The standard InChI is InChI=1S/C46H44N4O5.CH4O/c51-40-17-16-39(42(52)47-40)50-44(54)37-22-32-24-46(25-33(32)23-38(37)45(50)55)26-49(27-46)43(53)31-18-20-48(21-19-31)34-13-10-30(11-14-34)41-35-9-5-4-8-29(35)12-15-36(41)28-6-2-1-3-7-28;1-2/h1-11,13-14,22-23,31,36,39,41H,12,15-21,24-27H2,(H,47,51,52);2H,1H3. The molecule has 6 aliphatic rings. The second-order valence-corrected chi connectivity index (χ2v) is 16.7. The number of imide groups is 2. The van der Waals surface area contributed by atoms with E-state index in [1.165, 1.54) is 27.9 Å². The monoisotopic (exact) mass is 764 g/mol. The average molecular weight is 765 g/mol. The summed E-state index contributed by atoms with van der Waals surface area (Å²) in [5, 5.41) is 9.25. The second-order valence-electron chi connectivity index (χ2n) is 16.7. The SMILES string of the molecule is CO.O=C1CCC(N2C(=O)c3cc4c(cc3C2=O)CC2(C4)CN(C(=O)C3CCN(c4ccc(C5c6ccccc6CCC5c5ccccc5)cc4)CC3)C2)C(=O)N1. The first-order valence-corrected chi connectivity index (χ1v) is 20.3. The summed E-state index contributed by atoms with van der Waals surface area (Å²) < 4.78 is 0. The third-order valence-corrected chi connectivity index (χ3v) is 13.5. The summed E-state index contributed by atoms with van der Waals surface area (Å²) in [4.78, 5) is 70.1. The Labute approximate surface area is 332 Å².